The van der Waals surface area contributed by atoms with Gasteiger partial charge in [0.05, 0.1) is 15.2 Å². The Bertz CT molecular complexity index is 930. The fourth-order valence-electron chi connectivity index (χ4n) is 3.52. The van der Waals surface area contributed by atoms with Crippen molar-refractivity contribution < 1.29 is 4.79 Å². The molecular formula is C21H22ClN3OS. The highest BCUT2D eigenvalue weighted by molar-refractivity contribution is 7.18. The molecule has 0 saturated carbocycles. The van der Waals surface area contributed by atoms with E-state index in [1.54, 1.807) is 11.3 Å². The van der Waals surface area contributed by atoms with Gasteiger partial charge in [0, 0.05) is 49.7 Å². The normalized spacial score (nSPS) is 14.7. The number of halogens is 1. The fourth-order valence-corrected chi connectivity index (χ4v) is 4.65. The van der Waals surface area contributed by atoms with Crippen LogP contribution < -0.4 is 4.90 Å². The summed E-state index contributed by atoms with van der Waals surface area (Å²) in [6.45, 7) is 5.29. The summed E-state index contributed by atoms with van der Waals surface area (Å²) in [5, 5.41) is 1.79. The number of aromatic nitrogens is 1. The lowest BCUT2D eigenvalue weighted by Crippen LogP contribution is -2.49. The number of piperazine rings is 1. The van der Waals surface area contributed by atoms with Gasteiger partial charge in [-0.1, -0.05) is 29.8 Å². The summed E-state index contributed by atoms with van der Waals surface area (Å²) in [4.78, 5) is 21.5. The SMILES string of the molecule is Cc1ccc(Cl)cc1N1CCN(C(=O)CCc2nc3ccccc3s2)CC1. The van der Waals surface area contributed by atoms with Gasteiger partial charge in [0.15, 0.2) is 0 Å². The highest BCUT2D eigenvalue weighted by Gasteiger charge is 2.22. The Hall–Kier alpha value is -2.11. The predicted octanol–water partition coefficient (Wildman–Crippen LogP) is 4.54. The standard InChI is InChI=1S/C21H22ClN3OS/c1-15-6-7-16(22)14-18(15)24-10-12-25(13-11-24)21(26)9-8-20-23-17-4-2-3-5-19(17)27-20/h2-7,14H,8-13H2,1H3. The Labute approximate surface area is 168 Å². The van der Waals surface area contributed by atoms with E-state index in [-0.39, 0.29) is 5.91 Å². The van der Waals surface area contributed by atoms with Crippen LogP contribution in [0.15, 0.2) is 42.5 Å². The molecule has 1 amide bonds. The van der Waals surface area contributed by atoms with Gasteiger partial charge < -0.3 is 9.80 Å². The molecule has 3 aromatic rings. The summed E-state index contributed by atoms with van der Waals surface area (Å²) < 4.78 is 1.19. The van der Waals surface area contributed by atoms with E-state index in [4.69, 9.17) is 11.6 Å². The third-order valence-electron chi connectivity index (χ3n) is 5.04. The first-order chi connectivity index (χ1) is 13.1. The Morgan fingerprint density at radius 2 is 1.93 bits per heavy atom. The summed E-state index contributed by atoms with van der Waals surface area (Å²) >= 11 is 7.83. The maximum Gasteiger partial charge on any atom is 0.223 e. The number of aryl methyl sites for hydroxylation is 2. The van der Waals surface area contributed by atoms with E-state index in [1.165, 1.54) is 16.0 Å². The Morgan fingerprint density at radius 3 is 2.70 bits per heavy atom. The van der Waals surface area contributed by atoms with Crippen molar-refractivity contribution in [1.29, 1.82) is 0 Å². The molecule has 2 heterocycles. The summed E-state index contributed by atoms with van der Waals surface area (Å²) in [6, 6.07) is 14.1. The largest absolute Gasteiger partial charge is 0.368 e. The first-order valence-corrected chi connectivity index (χ1v) is 10.4. The van der Waals surface area contributed by atoms with E-state index in [0.29, 0.717) is 12.8 Å². The number of carbonyl (C=O) groups is 1. The Morgan fingerprint density at radius 1 is 1.15 bits per heavy atom. The van der Waals surface area contributed by atoms with Crippen LogP contribution in [0.2, 0.25) is 5.02 Å². The van der Waals surface area contributed by atoms with Crippen LogP contribution in [-0.2, 0) is 11.2 Å². The number of nitrogens with zero attached hydrogens (tertiary/aromatic N) is 3. The molecular weight excluding hydrogens is 378 g/mol. The number of amides is 1. The van der Waals surface area contributed by atoms with Gasteiger partial charge in [-0.05, 0) is 36.8 Å². The van der Waals surface area contributed by atoms with Crippen molar-refractivity contribution in [3.05, 3.63) is 58.1 Å². The predicted molar refractivity (Wildman–Crippen MR) is 113 cm³/mol. The van der Waals surface area contributed by atoms with Crippen LogP contribution in [0, 0.1) is 6.92 Å². The van der Waals surface area contributed by atoms with E-state index in [2.05, 4.69) is 22.9 Å². The average molecular weight is 400 g/mol. The molecule has 6 heteroatoms. The smallest absolute Gasteiger partial charge is 0.223 e. The highest BCUT2D eigenvalue weighted by atomic mass is 35.5. The van der Waals surface area contributed by atoms with Gasteiger partial charge in [0.25, 0.3) is 0 Å². The topological polar surface area (TPSA) is 36.4 Å². The summed E-state index contributed by atoms with van der Waals surface area (Å²) in [6.07, 6.45) is 1.24. The Kier molecular flexibility index (Phi) is 5.32. The molecule has 0 radical (unpaired) electrons. The van der Waals surface area contributed by atoms with Crippen LogP contribution in [0.4, 0.5) is 5.69 Å². The molecule has 1 aliphatic rings. The van der Waals surface area contributed by atoms with Gasteiger partial charge in [-0.25, -0.2) is 4.98 Å². The molecule has 1 saturated heterocycles. The molecule has 140 valence electrons. The second-order valence-electron chi connectivity index (χ2n) is 6.87. The molecule has 27 heavy (non-hydrogen) atoms. The van der Waals surface area contributed by atoms with Gasteiger partial charge in [-0.15, -0.1) is 11.3 Å². The van der Waals surface area contributed by atoms with Crippen molar-refractivity contribution in [1.82, 2.24) is 9.88 Å². The minimum absolute atomic E-state index is 0.219. The van der Waals surface area contributed by atoms with Crippen molar-refractivity contribution in [2.75, 3.05) is 31.1 Å². The fraction of sp³-hybridized carbons (Fsp3) is 0.333. The van der Waals surface area contributed by atoms with E-state index in [0.717, 1.165) is 41.7 Å². The number of thiazole rings is 1. The molecule has 0 atom stereocenters. The number of fused-ring (bicyclic) bond motifs is 1. The van der Waals surface area contributed by atoms with Crippen LogP contribution in [-0.4, -0.2) is 42.0 Å². The van der Waals surface area contributed by atoms with Crippen molar-refractivity contribution in [2.24, 2.45) is 0 Å². The van der Waals surface area contributed by atoms with Gasteiger partial charge in [0.1, 0.15) is 0 Å². The van der Waals surface area contributed by atoms with Crippen molar-refractivity contribution in [2.45, 2.75) is 19.8 Å². The van der Waals surface area contributed by atoms with Crippen molar-refractivity contribution in [3.8, 4) is 0 Å². The van der Waals surface area contributed by atoms with Crippen LogP contribution in [0.25, 0.3) is 10.2 Å². The van der Waals surface area contributed by atoms with E-state index in [9.17, 15) is 4.79 Å². The molecule has 1 aliphatic heterocycles. The second kappa shape index (κ2) is 7.87. The monoisotopic (exact) mass is 399 g/mol. The maximum atomic E-state index is 12.6. The zero-order valence-corrected chi connectivity index (χ0v) is 16.9. The van der Waals surface area contributed by atoms with Gasteiger partial charge in [-0.2, -0.15) is 0 Å². The molecule has 4 rings (SSSR count). The first kappa shape index (κ1) is 18.3. The summed E-state index contributed by atoms with van der Waals surface area (Å²) in [7, 11) is 0. The number of hydrogen-bond acceptors (Lipinski definition) is 4. The number of hydrogen-bond donors (Lipinski definition) is 0. The molecule has 0 aliphatic carbocycles. The van der Waals surface area contributed by atoms with Gasteiger partial charge in [0.2, 0.25) is 5.91 Å². The lowest BCUT2D eigenvalue weighted by atomic mass is 10.1. The molecule has 1 aromatic heterocycles. The first-order valence-electron chi connectivity index (χ1n) is 9.23. The molecule has 0 N–H and O–H groups in total. The summed E-state index contributed by atoms with van der Waals surface area (Å²) in [5.41, 5.74) is 3.41. The van der Waals surface area contributed by atoms with Crippen LogP contribution in [0.5, 0.6) is 0 Å². The number of benzene rings is 2. The third kappa shape index (κ3) is 4.09. The zero-order valence-electron chi connectivity index (χ0n) is 15.3. The lowest BCUT2D eigenvalue weighted by Gasteiger charge is -2.37. The van der Waals surface area contributed by atoms with Crippen molar-refractivity contribution in [3.63, 3.8) is 0 Å². The van der Waals surface area contributed by atoms with E-state index in [1.807, 2.05) is 41.3 Å². The molecule has 0 spiro atoms. The van der Waals surface area contributed by atoms with E-state index >= 15 is 0 Å². The maximum absolute atomic E-state index is 12.6. The second-order valence-corrected chi connectivity index (χ2v) is 8.43. The quantitative estimate of drug-likeness (QED) is 0.646. The number of carbonyl (C=O) groups excluding carboxylic acids is 1. The van der Waals surface area contributed by atoms with Gasteiger partial charge in [-0.3, -0.25) is 4.79 Å². The number of anilines is 1. The molecule has 4 nitrogen and oxygen atoms in total. The molecule has 1 fully saturated rings. The van der Waals surface area contributed by atoms with Gasteiger partial charge >= 0.3 is 0 Å². The number of rotatable bonds is 4. The number of para-hydroxylation sites is 1. The third-order valence-corrected chi connectivity index (χ3v) is 6.37. The van der Waals surface area contributed by atoms with Crippen LogP contribution in [0.1, 0.15) is 17.0 Å². The van der Waals surface area contributed by atoms with Crippen molar-refractivity contribution >= 4 is 44.7 Å². The minimum Gasteiger partial charge on any atom is -0.368 e. The minimum atomic E-state index is 0.219. The Balaban J connectivity index is 1.32. The molecule has 2 aromatic carbocycles. The lowest BCUT2D eigenvalue weighted by molar-refractivity contribution is -0.131. The zero-order chi connectivity index (χ0) is 18.8. The molecule has 0 bridgehead atoms. The summed E-state index contributed by atoms with van der Waals surface area (Å²) in [5.74, 6) is 0.219. The molecule has 0 unspecified atom stereocenters. The van der Waals surface area contributed by atoms with Crippen LogP contribution >= 0.6 is 22.9 Å². The van der Waals surface area contributed by atoms with Crippen LogP contribution in [0.3, 0.4) is 0 Å². The van der Waals surface area contributed by atoms with E-state index < -0.39 is 0 Å². The average Bonchev–Trinajstić information content (AvgIpc) is 3.11. The highest BCUT2D eigenvalue weighted by Crippen LogP contribution is 2.26.